The molecule has 0 aliphatic rings. The van der Waals surface area contributed by atoms with Crippen molar-refractivity contribution >= 4 is 21.7 Å². The van der Waals surface area contributed by atoms with E-state index < -0.39 is 0 Å². The molecule has 0 aliphatic heterocycles. The van der Waals surface area contributed by atoms with Crippen LogP contribution in [0.3, 0.4) is 0 Å². The lowest BCUT2D eigenvalue weighted by molar-refractivity contribution is 0.101. The number of Topliss-reactive ketones (excluding diaryl/α,β-unsaturated/α-hetero) is 1. The molecule has 0 amide bonds. The van der Waals surface area contributed by atoms with Crippen molar-refractivity contribution in [3.8, 4) is 11.5 Å². The zero-order chi connectivity index (χ0) is 14.7. The van der Waals surface area contributed by atoms with Gasteiger partial charge in [-0.1, -0.05) is 26.0 Å². The number of benzene rings is 2. The monoisotopic (exact) mass is 332 g/mol. The van der Waals surface area contributed by atoms with Gasteiger partial charge in [0.2, 0.25) is 0 Å². The van der Waals surface area contributed by atoms with Gasteiger partial charge in [0, 0.05) is 5.56 Å². The molecule has 0 saturated heterocycles. The standard InChI is InChI=1S/C17H17BrO2/c1-11(2)13-4-7-15(8-5-13)20-17-9-6-14(12(3)19)10-16(17)18/h4-11H,1-3H3. The maximum Gasteiger partial charge on any atom is 0.159 e. The summed E-state index contributed by atoms with van der Waals surface area (Å²) >= 11 is 3.43. The first-order valence-electron chi connectivity index (χ1n) is 6.55. The van der Waals surface area contributed by atoms with E-state index in [1.807, 2.05) is 12.1 Å². The Morgan fingerprint density at radius 1 is 1.10 bits per heavy atom. The third-order valence-corrected chi connectivity index (χ3v) is 3.73. The molecule has 20 heavy (non-hydrogen) atoms. The highest BCUT2D eigenvalue weighted by atomic mass is 79.9. The molecule has 0 saturated carbocycles. The minimum Gasteiger partial charge on any atom is -0.456 e. The second kappa shape index (κ2) is 6.23. The summed E-state index contributed by atoms with van der Waals surface area (Å²) in [6.45, 7) is 5.87. The second-order valence-electron chi connectivity index (χ2n) is 5.03. The molecule has 0 spiro atoms. The Morgan fingerprint density at radius 2 is 1.75 bits per heavy atom. The molecule has 2 rings (SSSR count). The lowest BCUT2D eigenvalue weighted by Crippen LogP contribution is -1.93. The molecule has 104 valence electrons. The van der Waals surface area contributed by atoms with E-state index in [9.17, 15) is 4.79 Å². The van der Waals surface area contributed by atoms with Gasteiger partial charge in [0.1, 0.15) is 11.5 Å². The highest BCUT2D eigenvalue weighted by Gasteiger charge is 2.07. The third kappa shape index (κ3) is 3.48. The van der Waals surface area contributed by atoms with Gasteiger partial charge in [-0.2, -0.15) is 0 Å². The van der Waals surface area contributed by atoms with Gasteiger partial charge in [-0.05, 0) is 64.7 Å². The molecule has 2 aromatic rings. The van der Waals surface area contributed by atoms with Crippen LogP contribution in [0.5, 0.6) is 11.5 Å². The molecule has 2 aromatic carbocycles. The van der Waals surface area contributed by atoms with E-state index in [1.54, 1.807) is 25.1 Å². The molecular formula is C17H17BrO2. The minimum absolute atomic E-state index is 0.0403. The Morgan fingerprint density at radius 3 is 2.25 bits per heavy atom. The van der Waals surface area contributed by atoms with Gasteiger partial charge in [0.05, 0.1) is 4.47 Å². The predicted molar refractivity (Wildman–Crippen MR) is 84.8 cm³/mol. The summed E-state index contributed by atoms with van der Waals surface area (Å²) in [5, 5.41) is 0. The molecule has 0 aliphatic carbocycles. The fourth-order valence-electron chi connectivity index (χ4n) is 1.85. The van der Waals surface area contributed by atoms with Gasteiger partial charge in [0.25, 0.3) is 0 Å². The number of halogens is 1. The highest BCUT2D eigenvalue weighted by Crippen LogP contribution is 2.31. The molecular weight excluding hydrogens is 316 g/mol. The van der Waals surface area contributed by atoms with Crippen molar-refractivity contribution < 1.29 is 9.53 Å². The van der Waals surface area contributed by atoms with Crippen LogP contribution in [-0.2, 0) is 0 Å². The van der Waals surface area contributed by atoms with Crippen molar-refractivity contribution in [3.05, 3.63) is 58.1 Å². The Kier molecular flexibility index (Phi) is 4.61. The lowest BCUT2D eigenvalue weighted by Gasteiger charge is -2.10. The molecule has 0 aromatic heterocycles. The number of hydrogen-bond donors (Lipinski definition) is 0. The van der Waals surface area contributed by atoms with Crippen molar-refractivity contribution in [2.45, 2.75) is 26.7 Å². The summed E-state index contributed by atoms with van der Waals surface area (Å²) in [6.07, 6.45) is 0. The predicted octanol–water partition coefficient (Wildman–Crippen LogP) is 5.57. The largest absolute Gasteiger partial charge is 0.456 e. The normalized spacial score (nSPS) is 10.7. The molecule has 0 N–H and O–H groups in total. The van der Waals surface area contributed by atoms with E-state index in [4.69, 9.17) is 4.74 Å². The summed E-state index contributed by atoms with van der Waals surface area (Å²) < 4.78 is 6.60. The van der Waals surface area contributed by atoms with E-state index >= 15 is 0 Å². The number of ketones is 1. The van der Waals surface area contributed by atoms with Crippen molar-refractivity contribution in [2.75, 3.05) is 0 Å². The third-order valence-electron chi connectivity index (χ3n) is 3.11. The molecule has 2 nitrogen and oxygen atoms in total. The van der Waals surface area contributed by atoms with E-state index in [1.165, 1.54) is 5.56 Å². The summed E-state index contributed by atoms with van der Waals surface area (Å²) in [7, 11) is 0. The van der Waals surface area contributed by atoms with Crippen molar-refractivity contribution in [1.82, 2.24) is 0 Å². The van der Waals surface area contributed by atoms with Gasteiger partial charge >= 0.3 is 0 Å². The number of hydrogen-bond acceptors (Lipinski definition) is 2. The molecule has 0 fully saturated rings. The van der Waals surface area contributed by atoms with Crippen LogP contribution in [0.15, 0.2) is 46.9 Å². The average molecular weight is 333 g/mol. The van der Waals surface area contributed by atoms with Crippen LogP contribution in [0, 0.1) is 0 Å². The topological polar surface area (TPSA) is 26.3 Å². The first-order chi connectivity index (χ1) is 9.47. The number of carbonyl (C=O) groups excluding carboxylic acids is 1. The summed E-state index contributed by atoms with van der Waals surface area (Å²) in [5.74, 6) is 2.03. The van der Waals surface area contributed by atoms with E-state index in [0.717, 1.165) is 10.2 Å². The SMILES string of the molecule is CC(=O)c1ccc(Oc2ccc(C(C)C)cc2)c(Br)c1. The Labute approximate surface area is 127 Å². The van der Waals surface area contributed by atoms with Gasteiger partial charge in [-0.25, -0.2) is 0 Å². The Bertz CT molecular complexity index is 615. The molecule has 0 radical (unpaired) electrons. The van der Waals surface area contributed by atoms with E-state index in [2.05, 4.69) is 41.9 Å². The van der Waals surface area contributed by atoms with Gasteiger partial charge in [0.15, 0.2) is 5.78 Å². The van der Waals surface area contributed by atoms with Crippen LogP contribution < -0.4 is 4.74 Å². The number of carbonyl (C=O) groups is 1. The lowest BCUT2D eigenvalue weighted by atomic mass is 10.0. The second-order valence-corrected chi connectivity index (χ2v) is 5.88. The average Bonchev–Trinajstić information content (AvgIpc) is 2.41. The molecule has 0 atom stereocenters. The first kappa shape index (κ1) is 14.8. The Balaban J connectivity index is 2.19. The van der Waals surface area contributed by atoms with Gasteiger partial charge in [-0.3, -0.25) is 4.79 Å². The van der Waals surface area contributed by atoms with E-state index in [-0.39, 0.29) is 5.78 Å². The summed E-state index contributed by atoms with van der Waals surface area (Å²) in [6, 6.07) is 13.4. The molecule has 0 bridgehead atoms. The van der Waals surface area contributed by atoms with Gasteiger partial charge < -0.3 is 4.74 Å². The smallest absolute Gasteiger partial charge is 0.159 e. The zero-order valence-corrected chi connectivity index (χ0v) is 13.4. The minimum atomic E-state index is 0.0403. The van der Waals surface area contributed by atoms with Crippen LogP contribution in [-0.4, -0.2) is 5.78 Å². The quantitative estimate of drug-likeness (QED) is 0.684. The first-order valence-corrected chi connectivity index (χ1v) is 7.35. The maximum absolute atomic E-state index is 11.3. The molecule has 3 heteroatoms. The summed E-state index contributed by atoms with van der Waals surface area (Å²) in [4.78, 5) is 11.3. The van der Waals surface area contributed by atoms with Crippen molar-refractivity contribution in [3.63, 3.8) is 0 Å². The van der Waals surface area contributed by atoms with Gasteiger partial charge in [-0.15, -0.1) is 0 Å². The number of rotatable bonds is 4. The van der Waals surface area contributed by atoms with Crippen LogP contribution in [0.2, 0.25) is 0 Å². The molecule has 0 heterocycles. The fourth-order valence-corrected chi connectivity index (χ4v) is 2.31. The van der Waals surface area contributed by atoms with Crippen molar-refractivity contribution in [1.29, 1.82) is 0 Å². The summed E-state index contributed by atoms with van der Waals surface area (Å²) in [5.41, 5.74) is 1.95. The van der Waals surface area contributed by atoms with Crippen molar-refractivity contribution in [2.24, 2.45) is 0 Å². The maximum atomic E-state index is 11.3. The van der Waals surface area contributed by atoms with Crippen LogP contribution in [0.4, 0.5) is 0 Å². The van der Waals surface area contributed by atoms with Crippen LogP contribution in [0.25, 0.3) is 0 Å². The molecule has 0 unspecified atom stereocenters. The van der Waals surface area contributed by atoms with Crippen LogP contribution >= 0.6 is 15.9 Å². The highest BCUT2D eigenvalue weighted by molar-refractivity contribution is 9.10. The zero-order valence-electron chi connectivity index (χ0n) is 11.8. The van der Waals surface area contributed by atoms with Crippen LogP contribution in [0.1, 0.15) is 42.6 Å². The number of ether oxygens (including phenoxy) is 1. The van der Waals surface area contributed by atoms with E-state index in [0.29, 0.717) is 17.2 Å². The Hall–Kier alpha value is -1.61. The fraction of sp³-hybridized carbons (Fsp3) is 0.235.